The zero-order valence-corrected chi connectivity index (χ0v) is 12.8. The topological polar surface area (TPSA) is 83.9 Å². The minimum atomic E-state index is -1.07. The van der Waals surface area contributed by atoms with Crippen LogP contribution in [0.3, 0.4) is 0 Å². The lowest BCUT2D eigenvalue weighted by Crippen LogP contribution is -2.52. The van der Waals surface area contributed by atoms with Crippen LogP contribution in [0.25, 0.3) is 0 Å². The highest BCUT2D eigenvalue weighted by Gasteiger charge is 2.32. The van der Waals surface area contributed by atoms with Crippen LogP contribution in [0.15, 0.2) is 30.3 Å². The molecule has 118 valence electrons. The summed E-state index contributed by atoms with van der Waals surface area (Å²) in [7, 11) is 0. The van der Waals surface area contributed by atoms with E-state index in [0.29, 0.717) is 17.9 Å². The molecule has 0 radical (unpaired) electrons. The van der Waals surface area contributed by atoms with Crippen LogP contribution in [-0.2, 0) is 14.3 Å². The number of rotatable bonds is 5. The molecule has 0 aliphatic carbocycles. The number of carbonyl (C=O) groups excluding carboxylic acids is 2. The molecular formula is C15H17NO5S. The maximum absolute atomic E-state index is 12.1. The van der Waals surface area contributed by atoms with Crippen LogP contribution in [0.2, 0.25) is 0 Å². The number of carboxylic acid groups (broad SMARTS) is 1. The number of amides is 1. The number of nitrogens with zero attached hydrogens (tertiary/aromatic N) is 1. The summed E-state index contributed by atoms with van der Waals surface area (Å²) in [5, 5.41) is 8.99. The number of morpholine rings is 1. The van der Waals surface area contributed by atoms with E-state index < -0.39 is 12.0 Å². The van der Waals surface area contributed by atoms with Gasteiger partial charge >= 0.3 is 5.97 Å². The molecule has 1 saturated heterocycles. The average Bonchev–Trinajstić information content (AvgIpc) is 2.55. The average molecular weight is 323 g/mol. The van der Waals surface area contributed by atoms with Gasteiger partial charge in [-0.15, -0.1) is 0 Å². The third-order valence-electron chi connectivity index (χ3n) is 3.29. The van der Waals surface area contributed by atoms with Crippen molar-refractivity contribution >= 4 is 28.8 Å². The van der Waals surface area contributed by atoms with Crippen molar-refractivity contribution in [3.63, 3.8) is 0 Å². The SMILES string of the molecule is O=C(SCCC(=O)N1CCOCC1C(=O)O)c1ccccc1. The van der Waals surface area contributed by atoms with E-state index in [1.165, 1.54) is 4.90 Å². The van der Waals surface area contributed by atoms with Crippen molar-refractivity contribution in [2.24, 2.45) is 0 Å². The van der Waals surface area contributed by atoms with Crippen molar-refractivity contribution in [2.45, 2.75) is 12.5 Å². The number of carboxylic acids is 1. The van der Waals surface area contributed by atoms with E-state index in [-0.39, 0.29) is 30.6 Å². The summed E-state index contributed by atoms with van der Waals surface area (Å²) in [5.74, 6) is -0.999. The first-order valence-electron chi connectivity index (χ1n) is 6.92. The molecule has 6 nitrogen and oxygen atoms in total. The van der Waals surface area contributed by atoms with Gasteiger partial charge in [-0.1, -0.05) is 42.1 Å². The first-order chi connectivity index (χ1) is 10.6. The highest BCUT2D eigenvalue weighted by Crippen LogP contribution is 2.15. The Kier molecular flexibility index (Phi) is 5.97. The third kappa shape index (κ3) is 4.32. The molecule has 1 N–H and O–H groups in total. The molecule has 7 heteroatoms. The fourth-order valence-corrected chi connectivity index (χ4v) is 2.90. The second-order valence-electron chi connectivity index (χ2n) is 4.77. The van der Waals surface area contributed by atoms with Gasteiger partial charge in [0.2, 0.25) is 11.0 Å². The van der Waals surface area contributed by atoms with E-state index in [9.17, 15) is 14.4 Å². The molecular weight excluding hydrogens is 306 g/mol. The fourth-order valence-electron chi connectivity index (χ4n) is 2.14. The monoisotopic (exact) mass is 323 g/mol. The lowest BCUT2D eigenvalue weighted by Gasteiger charge is -2.32. The minimum absolute atomic E-state index is 0.0111. The van der Waals surface area contributed by atoms with Crippen LogP contribution in [0, 0.1) is 0 Å². The summed E-state index contributed by atoms with van der Waals surface area (Å²) in [6, 6.07) is 7.90. The first kappa shape index (κ1) is 16.5. The van der Waals surface area contributed by atoms with Crippen molar-refractivity contribution in [2.75, 3.05) is 25.5 Å². The molecule has 0 aromatic heterocycles. The molecule has 0 spiro atoms. The summed E-state index contributed by atoms with van der Waals surface area (Å²) >= 11 is 1.07. The number of benzene rings is 1. The predicted molar refractivity (Wildman–Crippen MR) is 81.8 cm³/mol. The Balaban J connectivity index is 1.82. The van der Waals surface area contributed by atoms with Crippen LogP contribution in [-0.4, -0.2) is 58.6 Å². The minimum Gasteiger partial charge on any atom is -0.480 e. The quantitative estimate of drug-likeness (QED) is 0.878. The Morgan fingerprint density at radius 2 is 2.00 bits per heavy atom. The van der Waals surface area contributed by atoms with Crippen LogP contribution >= 0.6 is 11.8 Å². The van der Waals surface area contributed by atoms with Crippen LogP contribution in [0.5, 0.6) is 0 Å². The molecule has 1 aliphatic heterocycles. The smallest absolute Gasteiger partial charge is 0.328 e. The lowest BCUT2D eigenvalue weighted by molar-refractivity contribution is -0.158. The van der Waals surface area contributed by atoms with E-state index >= 15 is 0 Å². The van der Waals surface area contributed by atoms with E-state index in [1.54, 1.807) is 24.3 Å². The lowest BCUT2D eigenvalue weighted by atomic mass is 10.2. The maximum Gasteiger partial charge on any atom is 0.328 e. The Morgan fingerprint density at radius 3 is 2.68 bits per heavy atom. The summed E-state index contributed by atoms with van der Waals surface area (Å²) < 4.78 is 5.09. The Labute approximate surface area is 132 Å². The van der Waals surface area contributed by atoms with E-state index in [4.69, 9.17) is 9.84 Å². The molecule has 2 rings (SSSR count). The highest BCUT2D eigenvalue weighted by atomic mass is 32.2. The van der Waals surface area contributed by atoms with E-state index in [1.807, 2.05) is 6.07 Å². The fraction of sp³-hybridized carbons (Fsp3) is 0.400. The van der Waals surface area contributed by atoms with Gasteiger partial charge in [-0.05, 0) is 0 Å². The van der Waals surface area contributed by atoms with Crippen molar-refractivity contribution < 1.29 is 24.2 Å². The molecule has 1 atom stereocenters. The van der Waals surface area contributed by atoms with Gasteiger partial charge < -0.3 is 14.7 Å². The van der Waals surface area contributed by atoms with Crippen molar-refractivity contribution in [1.29, 1.82) is 0 Å². The molecule has 1 heterocycles. The molecule has 1 aromatic carbocycles. The molecule has 1 aliphatic rings. The van der Waals surface area contributed by atoms with Gasteiger partial charge in [-0.3, -0.25) is 9.59 Å². The Bertz CT molecular complexity index is 548. The number of aliphatic carboxylic acids is 1. The number of hydrogen-bond donors (Lipinski definition) is 1. The van der Waals surface area contributed by atoms with Gasteiger partial charge in [0.1, 0.15) is 0 Å². The van der Waals surface area contributed by atoms with E-state index in [0.717, 1.165) is 11.8 Å². The Morgan fingerprint density at radius 1 is 1.27 bits per heavy atom. The molecule has 1 fully saturated rings. The summed E-state index contributed by atoms with van der Waals surface area (Å²) in [6.45, 7) is 0.621. The van der Waals surface area contributed by atoms with E-state index in [2.05, 4.69) is 0 Å². The standard InChI is InChI=1S/C15H17NO5S/c17-13(16-7-8-21-10-12(16)14(18)19)6-9-22-15(20)11-4-2-1-3-5-11/h1-5,12H,6-10H2,(H,18,19). The summed E-state index contributed by atoms with van der Waals surface area (Å²) in [6.07, 6.45) is 0.132. The normalized spacial score (nSPS) is 18.0. The second-order valence-corrected chi connectivity index (χ2v) is 5.84. The third-order valence-corrected chi connectivity index (χ3v) is 4.20. The number of carbonyl (C=O) groups is 3. The van der Waals surface area contributed by atoms with Crippen LogP contribution in [0.1, 0.15) is 16.8 Å². The molecule has 22 heavy (non-hydrogen) atoms. The van der Waals surface area contributed by atoms with Crippen LogP contribution < -0.4 is 0 Å². The zero-order chi connectivity index (χ0) is 15.9. The van der Waals surface area contributed by atoms with Crippen LogP contribution in [0.4, 0.5) is 0 Å². The largest absolute Gasteiger partial charge is 0.480 e. The van der Waals surface area contributed by atoms with Gasteiger partial charge in [0.05, 0.1) is 13.2 Å². The number of thioether (sulfide) groups is 1. The summed E-state index contributed by atoms with van der Waals surface area (Å²) in [5.41, 5.74) is 0.592. The number of ether oxygens (including phenoxy) is 1. The number of hydrogen-bond acceptors (Lipinski definition) is 5. The van der Waals surface area contributed by atoms with Gasteiger partial charge in [-0.25, -0.2) is 4.79 Å². The maximum atomic E-state index is 12.1. The van der Waals surface area contributed by atoms with Gasteiger partial charge in [0.25, 0.3) is 0 Å². The van der Waals surface area contributed by atoms with Crippen molar-refractivity contribution in [3.05, 3.63) is 35.9 Å². The molecule has 1 unspecified atom stereocenters. The zero-order valence-electron chi connectivity index (χ0n) is 11.9. The molecule has 1 aromatic rings. The molecule has 0 bridgehead atoms. The first-order valence-corrected chi connectivity index (χ1v) is 7.90. The summed E-state index contributed by atoms with van der Waals surface area (Å²) in [4.78, 5) is 36.4. The highest BCUT2D eigenvalue weighted by molar-refractivity contribution is 8.14. The van der Waals surface area contributed by atoms with Crippen molar-refractivity contribution in [3.8, 4) is 0 Å². The van der Waals surface area contributed by atoms with Crippen molar-refractivity contribution in [1.82, 2.24) is 4.90 Å². The molecule has 1 amide bonds. The predicted octanol–water partition coefficient (Wildman–Crippen LogP) is 1.26. The second kappa shape index (κ2) is 7.95. The van der Waals surface area contributed by atoms with Gasteiger partial charge in [-0.2, -0.15) is 0 Å². The van der Waals surface area contributed by atoms with Gasteiger partial charge in [0, 0.05) is 24.3 Å². The Hall–Kier alpha value is -1.86. The molecule has 0 saturated carbocycles. The van der Waals surface area contributed by atoms with Gasteiger partial charge in [0.15, 0.2) is 6.04 Å².